The van der Waals surface area contributed by atoms with Crippen LogP contribution in [0.5, 0.6) is 0 Å². The van der Waals surface area contributed by atoms with Crippen LogP contribution in [0.25, 0.3) is 11.1 Å². The Morgan fingerprint density at radius 2 is 1.94 bits per heavy atom. The zero-order valence-corrected chi connectivity index (χ0v) is 20.3. The van der Waals surface area contributed by atoms with Crippen molar-refractivity contribution in [2.45, 2.75) is 47.0 Å². The van der Waals surface area contributed by atoms with Gasteiger partial charge in [-0.2, -0.15) is 0 Å². The van der Waals surface area contributed by atoms with Gasteiger partial charge < -0.3 is 10.4 Å². The fourth-order valence-electron chi connectivity index (χ4n) is 3.49. The van der Waals surface area contributed by atoms with Gasteiger partial charge in [-0.3, -0.25) is 4.79 Å². The number of amides is 1. The van der Waals surface area contributed by atoms with Gasteiger partial charge in [0.1, 0.15) is 5.82 Å². The molecular formula is C27H31ClFNO3. The predicted octanol–water partition coefficient (Wildman–Crippen LogP) is 7.29. The lowest BCUT2D eigenvalue weighted by Crippen LogP contribution is -2.35. The van der Waals surface area contributed by atoms with Gasteiger partial charge >= 0.3 is 5.97 Å². The molecule has 1 atom stereocenters. The van der Waals surface area contributed by atoms with Crippen LogP contribution in [0, 0.1) is 11.2 Å². The molecule has 2 aromatic carbocycles. The number of carbonyl (C=O) groups excluding carboxylic acids is 1. The summed E-state index contributed by atoms with van der Waals surface area (Å²) in [7, 11) is 0. The molecule has 2 N–H and O–H groups in total. The molecule has 1 amide bonds. The fraction of sp³-hybridized carbons (Fsp3) is 0.333. The van der Waals surface area contributed by atoms with Gasteiger partial charge in [-0.05, 0) is 62.9 Å². The van der Waals surface area contributed by atoms with E-state index in [0.29, 0.717) is 6.54 Å². The van der Waals surface area contributed by atoms with Crippen LogP contribution in [-0.4, -0.2) is 23.5 Å². The molecule has 4 nitrogen and oxygen atoms in total. The van der Waals surface area contributed by atoms with Crippen LogP contribution in [-0.2, 0) is 0 Å². The molecule has 33 heavy (non-hydrogen) atoms. The average molecular weight is 472 g/mol. The van der Waals surface area contributed by atoms with Crippen molar-refractivity contribution in [2.24, 2.45) is 5.41 Å². The molecule has 0 fully saturated rings. The number of carbonyl (C=O) groups is 2. The Balaban J connectivity index is 2.32. The predicted molar refractivity (Wildman–Crippen MR) is 132 cm³/mol. The first kappa shape index (κ1) is 26.3. The lowest BCUT2D eigenvalue weighted by Gasteiger charge is -2.27. The Kier molecular flexibility index (Phi) is 9.42. The monoisotopic (exact) mass is 471 g/mol. The summed E-state index contributed by atoms with van der Waals surface area (Å²) in [5.41, 5.74) is 1.22. The van der Waals surface area contributed by atoms with E-state index in [1.807, 2.05) is 6.92 Å². The van der Waals surface area contributed by atoms with E-state index in [9.17, 15) is 19.1 Å². The van der Waals surface area contributed by atoms with Gasteiger partial charge in [-0.15, -0.1) is 0 Å². The molecule has 0 aromatic heterocycles. The van der Waals surface area contributed by atoms with Crippen LogP contribution in [0.15, 0.2) is 60.2 Å². The van der Waals surface area contributed by atoms with Gasteiger partial charge in [0.2, 0.25) is 0 Å². The third-order valence-electron chi connectivity index (χ3n) is 5.74. The Bertz CT molecular complexity index is 1080. The first-order chi connectivity index (χ1) is 15.6. The summed E-state index contributed by atoms with van der Waals surface area (Å²) < 4.78 is 14.5. The smallest absolute Gasteiger partial charge is 0.336 e. The van der Waals surface area contributed by atoms with Crippen LogP contribution < -0.4 is 5.32 Å². The Hall–Kier alpha value is -2.92. The van der Waals surface area contributed by atoms with Crippen molar-refractivity contribution in [1.29, 1.82) is 0 Å². The van der Waals surface area contributed by atoms with E-state index in [-0.39, 0.29) is 32.7 Å². The van der Waals surface area contributed by atoms with Gasteiger partial charge in [-0.1, -0.05) is 61.4 Å². The summed E-state index contributed by atoms with van der Waals surface area (Å²) in [6, 6.07) is 8.28. The third-order valence-corrected chi connectivity index (χ3v) is 6.07. The first-order valence-corrected chi connectivity index (χ1v) is 11.4. The second kappa shape index (κ2) is 11.8. The molecule has 1 unspecified atom stereocenters. The van der Waals surface area contributed by atoms with Gasteiger partial charge in [0.15, 0.2) is 0 Å². The van der Waals surface area contributed by atoms with Crippen molar-refractivity contribution in [3.05, 3.63) is 82.2 Å². The second-order valence-electron chi connectivity index (χ2n) is 8.44. The highest BCUT2D eigenvalue weighted by Gasteiger charge is 2.23. The number of benzene rings is 2. The lowest BCUT2D eigenvalue weighted by molar-refractivity contribution is 0.0697. The lowest BCUT2D eigenvalue weighted by atomic mass is 9.83. The highest BCUT2D eigenvalue weighted by Crippen LogP contribution is 2.31. The average Bonchev–Trinajstić information content (AvgIpc) is 2.80. The maximum Gasteiger partial charge on any atom is 0.336 e. The quantitative estimate of drug-likeness (QED) is 0.357. The maximum atomic E-state index is 14.5. The Morgan fingerprint density at radius 1 is 1.21 bits per heavy atom. The standard InChI is InChI=1S/C27H31ClFNO3/c1-5-7-14-27(4,15-13-18(3)6-2)17-30-25(31)21-16-19(11-12-22(21)28)24-20(26(32)33)9-8-10-23(24)29/h6-12,14,16H,5,13,15,17H2,1-4H3,(H,30,31)(H,32,33)/b14-7+,18-6+. The molecule has 0 saturated heterocycles. The summed E-state index contributed by atoms with van der Waals surface area (Å²) >= 11 is 6.28. The molecule has 6 heteroatoms. The minimum Gasteiger partial charge on any atom is -0.478 e. The maximum absolute atomic E-state index is 14.5. The van der Waals surface area contributed by atoms with Gasteiger partial charge in [0.25, 0.3) is 5.91 Å². The zero-order chi connectivity index (χ0) is 24.6. The Morgan fingerprint density at radius 3 is 2.58 bits per heavy atom. The first-order valence-electron chi connectivity index (χ1n) is 11.0. The van der Waals surface area contributed by atoms with Crippen molar-refractivity contribution in [3.63, 3.8) is 0 Å². The number of carboxylic acid groups (broad SMARTS) is 1. The van der Waals surface area contributed by atoms with E-state index >= 15 is 0 Å². The minimum absolute atomic E-state index is 0.0757. The number of hydrogen-bond acceptors (Lipinski definition) is 2. The van der Waals surface area contributed by atoms with Crippen LogP contribution in [0.4, 0.5) is 4.39 Å². The molecule has 0 aliphatic rings. The number of nitrogens with one attached hydrogen (secondary N) is 1. The highest BCUT2D eigenvalue weighted by molar-refractivity contribution is 6.34. The zero-order valence-electron chi connectivity index (χ0n) is 19.5. The van der Waals surface area contributed by atoms with E-state index in [2.05, 4.69) is 44.3 Å². The summed E-state index contributed by atoms with van der Waals surface area (Å²) in [4.78, 5) is 24.6. The fourth-order valence-corrected chi connectivity index (χ4v) is 3.69. The molecule has 0 aliphatic carbocycles. The van der Waals surface area contributed by atoms with Crippen molar-refractivity contribution in [1.82, 2.24) is 5.32 Å². The SMILES string of the molecule is C/C=C(\C)CCC(C)(/C=C/CC)CNC(=O)c1cc(-c2c(F)cccc2C(=O)O)ccc1Cl. The topological polar surface area (TPSA) is 66.4 Å². The van der Waals surface area contributed by atoms with E-state index in [4.69, 9.17) is 11.6 Å². The third kappa shape index (κ3) is 7.03. The van der Waals surface area contributed by atoms with Crippen LogP contribution in [0.1, 0.15) is 67.7 Å². The van der Waals surface area contributed by atoms with Crippen LogP contribution >= 0.6 is 11.6 Å². The number of allylic oxidation sites excluding steroid dienone is 3. The number of hydrogen-bond donors (Lipinski definition) is 2. The van der Waals surface area contributed by atoms with Gasteiger partial charge in [0, 0.05) is 17.5 Å². The molecular weight excluding hydrogens is 441 g/mol. The molecule has 0 heterocycles. The Labute approximate surface area is 200 Å². The number of aromatic carboxylic acids is 1. The number of carboxylic acids is 1. The summed E-state index contributed by atoms with van der Waals surface area (Å²) in [5.74, 6) is -2.32. The van der Waals surface area contributed by atoms with Crippen molar-refractivity contribution in [3.8, 4) is 11.1 Å². The minimum atomic E-state index is -1.25. The van der Waals surface area contributed by atoms with Crippen molar-refractivity contribution < 1.29 is 19.1 Å². The van der Waals surface area contributed by atoms with Crippen molar-refractivity contribution >= 4 is 23.5 Å². The molecule has 0 saturated carbocycles. The summed E-state index contributed by atoms with van der Waals surface area (Å²) in [6.07, 6.45) is 8.99. The molecule has 0 bridgehead atoms. The molecule has 0 spiro atoms. The number of rotatable bonds is 10. The van der Waals surface area contributed by atoms with Gasteiger partial charge in [0.05, 0.1) is 16.1 Å². The van der Waals surface area contributed by atoms with E-state index < -0.39 is 17.7 Å². The molecule has 176 valence electrons. The molecule has 2 aromatic rings. The van der Waals surface area contributed by atoms with E-state index in [0.717, 1.165) is 19.3 Å². The summed E-state index contributed by atoms with van der Waals surface area (Å²) in [5, 5.41) is 12.6. The second-order valence-corrected chi connectivity index (χ2v) is 8.85. The van der Waals surface area contributed by atoms with Gasteiger partial charge in [-0.25, -0.2) is 9.18 Å². The highest BCUT2D eigenvalue weighted by atomic mass is 35.5. The van der Waals surface area contributed by atoms with Crippen LogP contribution in [0.2, 0.25) is 5.02 Å². The van der Waals surface area contributed by atoms with Crippen molar-refractivity contribution in [2.75, 3.05) is 6.54 Å². The normalized spacial score (nSPS) is 13.7. The largest absolute Gasteiger partial charge is 0.478 e. The molecule has 0 aliphatic heterocycles. The van der Waals surface area contributed by atoms with E-state index in [1.54, 1.807) is 0 Å². The molecule has 2 rings (SSSR count). The van der Waals surface area contributed by atoms with E-state index in [1.165, 1.54) is 42.0 Å². The number of halogens is 2. The summed E-state index contributed by atoms with van der Waals surface area (Å²) in [6.45, 7) is 8.66. The van der Waals surface area contributed by atoms with Crippen LogP contribution in [0.3, 0.4) is 0 Å². The molecule has 0 radical (unpaired) electrons.